The van der Waals surface area contributed by atoms with Gasteiger partial charge in [0.25, 0.3) is 0 Å². The summed E-state index contributed by atoms with van der Waals surface area (Å²) in [4.78, 5) is 6.44. The van der Waals surface area contributed by atoms with Crippen molar-refractivity contribution in [2.24, 2.45) is 4.99 Å². The summed E-state index contributed by atoms with van der Waals surface area (Å²) in [5.74, 6) is 0.608. The van der Waals surface area contributed by atoms with Gasteiger partial charge >= 0.3 is 0 Å². The average molecular weight is 442 g/mol. The van der Waals surface area contributed by atoms with Crippen LogP contribution in [0, 0.1) is 11.5 Å². The molecule has 2 aliphatic rings. The van der Waals surface area contributed by atoms with Gasteiger partial charge in [0.1, 0.15) is 0 Å². The van der Waals surface area contributed by atoms with E-state index in [0.717, 1.165) is 49.4 Å². The van der Waals surface area contributed by atoms with E-state index in [4.69, 9.17) is 0 Å². The number of nitrogens with one attached hydrogen (secondary N) is 3. The minimum Gasteiger partial charge on any atom is -0.352 e. The van der Waals surface area contributed by atoms with Gasteiger partial charge in [0.05, 0.1) is 17.3 Å². The lowest BCUT2D eigenvalue weighted by atomic mass is 9.88. The molecular weight excluding hydrogens is 410 g/mol. The maximum Gasteiger partial charge on any atom is 0.209 e. The van der Waals surface area contributed by atoms with Crippen LogP contribution in [-0.4, -0.2) is 52.8 Å². The number of nitriles is 1. The van der Waals surface area contributed by atoms with Crippen LogP contribution in [0.25, 0.3) is 10.9 Å². The van der Waals surface area contributed by atoms with Crippen LogP contribution in [0.4, 0.5) is 0 Å². The SMILES string of the molecule is CN(C)C(Cc1ccc2[nH]ncc2c1)C1(NC(=NC#N)N[C@H]2CCc3ccccc3C2)CC1. The Morgan fingerprint density at radius 3 is 2.85 bits per heavy atom. The van der Waals surface area contributed by atoms with E-state index in [-0.39, 0.29) is 17.6 Å². The number of likely N-dealkylation sites (N-methyl/N-ethyl adjacent to an activating group) is 1. The van der Waals surface area contributed by atoms with Crippen molar-refractivity contribution in [1.29, 1.82) is 5.26 Å². The average Bonchev–Trinajstić information content (AvgIpc) is 3.42. The summed E-state index contributed by atoms with van der Waals surface area (Å²) < 4.78 is 0. The fraction of sp³-hybridized carbons (Fsp3) is 0.423. The number of aliphatic imine (C=N–C) groups is 1. The van der Waals surface area contributed by atoms with Crippen LogP contribution >= 0.6 is 0 Å². The molecule has 0 amide bonds. The molecular formula is C26H31N7. The predicted octanol–water partition coefficient (Wildman–Crippen LogP) is 3.14. The van der Waals surface area contributed by atoms with E-state index >= 15 is 0 Å². The molecule has 0 spiro atoms. The van der Waals surface area contributed by atoms with Gasteiger partial charge in [-0.1, -0.05) is 30.3 Å². The number of hydrogen-bond donors (Lipinski definition) is 3. The van der Waals surface area contributed by atoms with E-state index in [1.807, 2.05) is 12.4 Å². The number of aromatic amines is 1. The van der Waals surface area contributed by atoms with Crippen molar-refractivity contribution in [3.8, 4) is 6.19 Å². The maximum atomic E-state index is 9.37. The van der Waals surface area contributed by atoms with Gasteiger partial charge in [-0.3, -0.25) is 5.10 Å². The molecule has 7 heteroatoms. The second-order valence-electron chi connectivity index (χ2n) is 9.67. The Kier molecular flexibility index (Phi) is 5.77. The van der Waals surface area contributed by atoms with Crippen LogP contribution in [0.15, 0.2) is 53.7 Å². The molecule has 1 fully saturated rings. The molecule has 33 heavy (non-hydrogen) atoms. The highest BCUT2D eigenvalue weighted by Gasteiger charge is 2.51. The molecule has 0 aliphatic heterocycles. The summed E-state index contributed by atoms with van der Waals surface area (Å²) in [5, 5.41) is 24.9. The van der Waals surface area contributed by atoms with Gasteiger partial charge in [0.2, 0.25) is 12.2 Å². The van der Waals surface area contributed by atoms with Gasteiger partial charge in [0.15, 0.2) is 0 Å². The lowest BCUT2D eigenvalue weighted by Crippen LogP contribution is -2.57. The highest BCUT2D eigenvalue weighted by Crippen LogP contribution is 2.42. The Morgan fingerprint density at radius 1 is 1.27 bits per heavy atom. The van der Waals surface area contributed by atoms with E-state index in [1.54, 1.807) is 0 Å². The zero-order valence-corrected chi connectivity index (χ0v) is 19.3. The Labute approximate surface area is 194 Å². The molecule has 1 unspecified atom stereocenters. The molecule has 1 saturated carbocycles. The largest absolute Gasteiger partial charge is 0.352 e. The minimum absolute atomic E-state index is 0.0931. The van der Waals surface area contributed by atoms with Gasteiger partial charge in [-0.05, 0) is 81.4 Å². The summed E-state index contributed by atoms with van der Waals surface area (Å²) >= 11 is 0. The van der Waals surface area contributed by atoms with Crippen molar-refractivity contribution in [3.05, 3.63) is 65.4 Å². The first kappa shape index (κ1) is 21.5. The van der Waals surface area contributed by atoms with Gasteiger partial charge in [0, 0.05) is 17.5 Å². The molecule has 0 bridgehead atoms. The Bertz CT molecular complexity index is 1200. The van der Waals surface area contributed by atoms with Crippen LogP contribution < -0.4 is 10.6 Å². The molecule has 0 radical (unpaired) electrons. The van der Waals surface area contributed by atoms with Crippen molar-refractivity contribution in [1.82, 2.24) is 25.7 Å². The lowest BCUT2D eigenvalue weighted by molar-refractivity contribution is 0.226. The number of guanidine groups is 1. The molecule has 5 rings (SSSR count). The third-order valence-corrected chi connectivity index (χ3v) is 7.20. The van der Waals surface area contributed by atoms with Crippen LogP contribution in [0.3, 0.4) is 0 Å². The normalized spacial score (nSPS) is 20.2. The second-order valence-corrected chi connectivity index (χ2v) is 9.67. The van der Waals surface area contributed by atoms with E-state index in [9.17, 15) is 5.26 Å². The number of rotatable bonds is 6. The molecule has 2 aliphatic carbocycles. The molecule has 2 aromatic carbocycles. The standard InChI is InChI=1S/C26H31N7/c1-33(2)24(14-18-7-10-23-21(13-18)16-29-32-23)26(11-12-26)31-25(28-17-27)30-22-9-8-19-5-3-4-6-20(19)15-22/h3-7,10,13,16,22,24H,8-9,11-12,14-15H2,1-2H3,(H,29,32)(H2,28,30,31)/t22-,24?/m0/s1. The topological polar surface area (TPSA) is 92.1 Å². The number of aromatic nitrogens is 2. The summed E-state index contributed by atoms with van der Waals surface area (Å²) in [6.07, 6.45) is 9.95. The van der Waals surface area contributed by atoms with E-state index < -0.39 is 0 Å². The molecule has 170 valence electrons. The highest BCUT2D eigenvalue weighted by atomic mass is 15.3. The summed E-state index contributed by atoms with van der Waals surface area (Å²) in [6, 6.07) is 15.7. The van der Waals surface area contributed by atoms with E-state index in [2.05, 4.69) is 87.3 Å². The number of H-pyrrole nitrogens is 1. The third kappa shape index (κ3) is 4.57. The fourth-order valence-corrected chi connectivity index (χ4v) is 5.29. The van der Waals surface area contributed by atoms with Crippen molar-refractivity contribution in [3.63, 3.8) is 0 Å². The molecule has 0 saturated heterocycles. The van der Waals surface area contributed by atoms with Crippen LogP contribution in [0.2, 0.25) is 0 Å². The molecule has 2 atom stereocenters. The first-order chi connectivity index (χ1) is 16.1. The van der Waals surface area contributed by atoms with Crippen molar-refractivity contribution < 1.29 is 0 Å². The molecule has 1 aromatic heterocycles. The zero-order valence-electron chi connectivity index (χ0n) is 19.3. The van der Waals surface area contributed by atoms with Crippen LogP contribution in [0.1, 0.15) is 36.0 Å². The first-order valence-corrected chi connectivity index (χ1v) is 11.7. The summed E-state index contributed by atoms with van der Waals surface area (Å²) in [5.41, 5.74) is 5.07. The Balaban J connectivity index is 1.30. The van der Waals surface area contributed by atoms with Gasteiger partial charge in [-0.2, -0.15) is 10.4 Å². The quantitative estimate of drug-likeness (QED) is 0.311. The Morgan fingerprint density at radius 2 is 2.09 bits per heavy atom. The highest BCUT2D eigenvalue weighted by molar-refractivity contribution is 5.82. The minimum atomic E-state index is -0.0931. The number of hydrogen-bond acceptors (Lipinski definition) is 4. The zero-order chi connectivity index (χ0) is 22.8. The van der Waals surface area contributed by atoms with E-state index in [0.29, 0.717) is 5.96 Å². The van der Waals surface area contributed by atoms with Crippen molar-refractivity contribution in [2.45, 2.75) is 56.1 Å². The molecule has 3 aromatic rings. The number of nitrogens with zero attached hydrogens (tertiary/aromatic N) is 4. The summed E-state index contributed by atoms with van der Waals surface area (Å²) in [7, 11) is 4.27. The van der Waals surface area contributed by atoms with Crippen molar-refractivity contribution in [2.75, 3.05) is 14.1 Å². The number of aryl methyl sites for hydroxylation is 1. The van der Waals surface area contributed by atoms with Gasteiger partial charge in [-0.15, -0.1) is 4.99 Å². The maximum absolute atomic E-state index is 9.37. The van der Waals surface area contributed by atoms with Gasteiger partial charge in [-0.25, -0.2) is 0 Å². The predicted molar refractivity (Wildman–Crippen MR) is 131 cm³/mol. The monoisotopic (exact) mass is 441 g/mol. The fourth-order valence-electron chi connectivity index (χ4n) is 5.29. The Hall–Kier alpha value is -3.37. The molecule has 1 heterocycles. The first-order valence-electron chi connectivity index (χ1n) is 11.7. The van der Waals surface area contributed by atoms with E-state index in [1.165, 1.54) is 16.7 Å². The summed E-state index contributed by atoms with van der Waals surface area (Å²) in [6.45, 7) is 0. The van der Waals surface area contributed by atoms with Crippen molar-refractivity contribution >= 4 is 16.9 Å². The number of fused-ring (bicyclic) bond motifs is 2. The number of benzene rings is 2. The smallest absolute Gasteiger partial charge is 0.209 e. The van der Waals surface area contributed by atoms with Crippen LogP contribution in [0.5, 0.6) is 0 Å². The van der Waals surface area contributed by atoms with Gasteiger partial charge < -0.3 is 15.5 Å². The molecule has 3 N–H and O–H groups in total. The molecule has 7 nitrogen and oxygen atoms in total. The van der Waals surface area contributed by atoms with Crippen LogP contribution in [-0.2, 0) is 19.3 Å². The third-order valence-electron chi connectivity index (χ3n) is 7.20. The second kappa shape index (κ2) is 8.87. The lowest BCUT2D eigenvalue weighted by Gasteiger charge is -2.35.